The lowest BCUT2D eigenvalue weighted by molar-refractivity contribution is -0.148. The van der Waals surface area contributed by atoms with E-state index in [-0.39, 0.29) is 40.9 Å². The Bertz CT molecular complexity index is 2640. The van der Waals surface area contributed by atoms with Crippen molar-refractivity contribution in [2.75, 3.05) is 48.8 Å². The van der Waals surface area contributed by atoms with Gasteiger partial charge in [0.25, 0.3) is 5.56 Å². The highest BCUT2D eigenvalue weighted by Crippen LogP contribution is 2.30. The van der Waals surface area contributed by atoms with Crippen LogP contribution in [0, 0.1) is 6.92 Å². The molecule has 2 aromatic heterocycles. The number of hydrogen-bond donors (Lipinski definition) is 2. The van der Waals surface area contributed by atoms with Crippen molar-refractivity contribution < 1.29 is 41.7 Å². The molecule has 0 saturated carbocycles. The van der Waals surface area contributed by atoms with Gasteiger partial charge in [-0.15, -0.1) is 11.6 Å². The van der Waals surface area contributed by atoms with E-state index in [1.807, 2.05) is 78.8 Å². The van der Waals surface area contributed by atoms with Gasteiger partial charge in [0, 0.05) is 37.9 Å². The average Bonchev–Trinajstić information content (AvgIpc) is 3.29. The van der Waals surface area contributed by atoms with Gasteiger partial charge in [-0.1, -0.05) is 44.2 Å². The minimum atomic E-state index is -4.84. The predicted molar refractivity (Wildman–Crippen MR) is 267 cm³/mol. The maximum Gasteiger partial charge on any atom is 0.431 e. The Labute approximate surface area is 416 Å². The summed E-state index contributed by atoms with van der Waals surface area (Å²) in [5.74, 6) is 1.18. The number of anilines is 3. The topological polar surface area (TPSA) is 181 Å². The first kappa shape index (κ1) is 58.1. The number of ether oxygens (including phenoxy) is 4. The molecule has 382 valence electrons. The SMILES string of the molecule is CCNc1nc(Cl)nc(NC(C)(C)C)n1.CCc1ccc(COc2ccc(-n3c(=O)cc(C(F)(F)F)n(C)c3=O)cc2)c(OC(C)C(=O)OC)c1.CCc1cccc(C)c1N(C(=O)CCl)C(C)COC. The molecule has 2 N–H and O–H groups in total. The van der Waals surface area contributed by atoms with Crippen LogP contribution >= 0.6 is 23.2 Å². The molecule has 0 aliphatic heterocycles. The molecule has 5 aromatic rings. The highest BCUT2D eigenvalue weighted by molar-refractivity contribution is 6.29. The Morgan fingerprint density at radius 2 is 1.54 bits per heavy atom. The number of aryl methyl sites for hydroxylation is 3. The number of amides is 1. The van der Waals surface area contributed by atoms with Gasteiger partial charge in [0.2, 0.25) is 23.1 Å². The zero-order valence-corrected chi connectivity index (χ0v) is 43.1. The van der Waals surface area contributed by atoms with E-state index in [0.29, 0.717) is 50.8 Å². The number of methoxy groups -OCH3 is 2. The number of halogens is 5. The molecule has 2 heterocycles. The average molecular weight is 1020 g/mol. The van der Waals surface area contributed by atoms with Crippen LogP contribution in [0.3, 0.4) is 0 Å². The maximum absolute atomic E-state index is 13.1. The van der Waals surface area contributed by atoms with Crippen molar-refractivity contribution in [1.82, 2.24) is 24.1 Å². The number of nitrogens with zero attached hydrogens (tertiary/aromatic N) is 6. The highest BCUT2D eigenvalue weighted by atomic mass is 35.5. The number of nitrogens with one attached hydrogen (secondary N) is 2. The van der Waals surface area contributed by atoms with Crippen LogP contribution in [-0.2, 0) is 51.7 Å². The second kappa shape index (κ2) is 26.7. The van der Waals surface area contributed by atoms with Gasteiger partial charge >= 0.3 is 17.8 Å². The van der Waals surface area contributed by atoms with Crippen molar-refractivity contribution in [2.24, 2.45) is 7.05 Å². The predicted octanol–water partition coefficient (Wildman–Crippen LogP) is 8.97. The number of benzene rings is 3. The largest absolute Gasteiger partial charge is 0.489 e. The lowest BCUT2D eigenvalue weighted by Crippen LogP contribution is -2.43. The van der Waals surface area contributed by atoms with Gasteiger partial charge in [-0.25, -0.2) is 14.2 Å². The summed E-state index contributed by atoms with van der Waals surface area (Å²) in [5, 5.41) is 6.31. The molecule has 0 radical (unpaired) electrons. The van der Waals surface area contributed by atoms with Crippen LogP contribution in [0.1, 0.15) is 83.3 Å². The lowest BCUT2D eigenvalue weighted by Gasteiger charge is -2.31. The zero-order valence-electron chi connectivity index (χ0n) is 41.6. The van der Waals surface area contributed by atoms with E-state index in [0.717, 1.165) is 48.8 Å². The number of carbonyl (C=O) groups is 2. The summed E-state index contributed by atoms with van der Waals surface area (Å²) in [6.45, 7) is 19.0. The summed E-state index contributed by atoms with van der Waals surface area (Å²) in [6.07, 6.45) is -4.03. The van der Waals surface area contributed by atoms with E-state index in [4.69, 9.17) is 42.1 Å². The fraction of sp³-hybridized carbons (Fsp3) is 0.449. The van der Waals surface area contributed by atoms with Gasteiger partial charge in [-0.2, -0.15) is 28.1 Å². The molecule has 21 heteroatoms. The number of para-hydroxylation sites is 1. The van der Waals surface area contributed by atoms with Crippen molar-refractivity contribution in [1.29, 1.82) is 0 Å². The Morgan fingerprint density at radius 3 is 2.10 bits per heavy atom. The fourth-order valence-corrected chi connectivity index (χ4v) is 7.03. The zero-order chi connectivity index (χ0) is 52.5. The van der Waals surface area contributed by atoms with Crippen LogP contribution in [0.25, 0.3) is 5.69 Å². The summed E-state index contributed by atoms with van der Waals surface area (Å²) in [7, 11) is 3.86. The molecule has 0 fully saturated rings. The molecule has 2 unspecified atom stereocenters. The van der Waals surface area contributed by atoms with Crippen LogP contribution in [-0.4, -0.2) is 86.9 Å². The van der Waals surface area contributed by atoms with Gasteiger partial charge in [-0.05, 0) is 120 Å². The van der Waals surface area contributed by atoms with Crippen molar-refractivity contribution in [3.8, 4) is 17.2 Å². The monoisotopic (exact) mass is 1020 g/mol. The van der Waals surface area contributed by atoms with E-state index in [2.05, 4.69) is 38.6 Å². The first-order valence-corrected chi connectivity index (χ1v) is 23.2. The smallest absolute Gasteiger partial charge is 0.431 e. The Kier molecular flexibility index (Phi) is 22.2. The molecular formula is C49H63Cl2F3N8O8. The first-order valence-electron chi connectivity index (χ1n) is 22.3. The molecule has 2 atom stereocenters. The van der Waals surface area contributed by atoms with Crippen LogP contribution in [0.15, 0.2) is 76.3 Å². The van der Waals surface area contributed by atoms with E-state index in [1.165, 1.54) is 31.4 Å². The van der Waals surface area contributed by atoms with Gasteiger partial charge < -0.3 is 34.5 Å². The molecule has 0 aliphatic carbocycles. The molecular weight excluding hydrogens is 956 g/mol. The summed E-state index contributed by atoms with van der Waals surface area (Å²) in [4.78, 5) is 62.6. The van der Waals surface area contributed by atoms with Gasteiger partial charge in [0.15, 0.2) is 6.10 Å². The second-order valence-corrected chi connectivity index (χ2v) is 17.3. The molecule has 70 heavy (non-hydrogen) atoms. The number of carbonyl (C=O) groups excluding carboxylic acids is 2. The molecule has 0 spiro atoms. The van der Waals surface area contributed by atoms with Crippen molar-refractivity contribution >= 4 is 52.7 Å². The molecule has 0 saturated heterocycles. The van der Waals surface area contributed by atoms with E-state index >= 15 is 0 Å². The molecule has 5 rings (SSSR count). The standard InChI is InChI=1S/C25H25F3N2O6.C15H22ClNO2.C9H16ClN5/c1-5-16-6-7-17(20(12-16)36-15(2)23(32)34-4)14-35-19-10-8-18(9-11-19)30-22(31)13-21(25(26,27)28)29(3)24(30)33;1-5-13-8-6-7-11(2)15(13)17(14(18)9-16)12(3)10-19-4;1-5-11-7-12-6(10)13-8(14-7)15-9(2,3)4/h6-13,15H,5,14H2,1-4H3;6-8,12H,5,9-10H2,1-4H3;5H2,1-4H3,(H2,11,12,13,14,15). The third-order valence-electron chi connectivity index (χ3n) is 10.1. The summed E-state index contributed by atoms with van der Waals surface area (Å²) >= 11 is 11.5. The van der Waals surface area contributed by atoms with Gasteiger partial charge in [-0.3, -0.25) is 14.2 Å². The quantitative estimate of drug-likeness (QED) is 0.0666. The number of alkyl halides is 4. The van der Waals surface area contributed by atoms with Crippen LogP contribution < -0.4 is 36.3 Å². The minimum absolute atomic E-state index is 0.0223. The Balaban J connectivity index is 0.000000317. The van der Waals surface area contributed by atoms with Crippen molar-refractivity contribution in [3.05, 3.63) is 121 Å². The summed E-state index contributed by atoms with van der Waals surface area (Å²) < 4.78 is 61.7. The fourth-order valence-electron chi connectivity index (χ4n) is 6.74. The summed E-state index contributed by atoms with van der Waals surface area (Å²) in [6, 6.07) is 17.7. The highest BCUT2D eigenvalue weighted by Gasteiger charge is 2.35. The lowest BCUT2D eigenvalue weighted by atomic mass is 10.0. The molecule has 0 bridgehead atoms. The second-order valence-electron chi connectivity index (χ2n) is 16.7. The van der Waals surface area contributed by atoms with Crippen molar-refractivity contribution in [2.45, 2.75) is 106 Å². The van der Waals surface area contributed by atoms with Crippen LogP contribution in [0.2, 0.25) is 5.28 Å². The summed E-state index contributed by atoms with van der Waals surface area (Å²) in [5.41, 5.74) is 1.31. The van der Waals surface area contributed by atoms with E-state index in [1.54, 1.807) is 18.9 Å². The normalized spacial score (nSPS) is 12.0. The number of hydrogen-bond acceptors (Lipinski definition) is 13. The molecule has 16 nitrogen and oxygen atoms in total. The Morgan fingerprint density at radius 1 is 0.886 bits per heavy atom. The molecule has 3 aromatic carbocycles. The Hall–Kier alpha value is -6.18. The number of esters is 1. The van der Waals surface area contributed by atoms with Gasteiger partial charge in [0.05, 0.1) is 31.1 Å². The van der Waals surface area contributed by atoms with E-state index in [9.17, 15) is 32.3 Å². The first-order chi connectivity index (χ1) is 32.9. The minimum Gasteiger partial charge on any atom is -0.489 e. The van der Waals surface area contributed by atoms with Crippen molar-refractivity contribution in [3.63, 3.8) is 0 Å². The number of rotatable bonds is 17. The molecule has 0 aliphatic rings. The third-order valence-corrected chi connectivity index (χ3v) is 10.5. The van der Waals surface area contributed by atoms with Crippen LogP contribution in [0.4, 0.5) is 30.8 Å². The number of aromatic nitrogens is 5. The third kappa shape index (κ3) is 16.8. The van der Waals surface area contributed by atoms with Gasteiger partial charge in [0.1, 0.15) is 29.7 Å². The molecule has 1 amide bonds. The maximum atomic E-state index is 13.1. The van der Waals surface area contributed by atoms with E-state index < -0.39 is 35.2 Å². The van der Waals surface area contributed by atoms with Crippen LogP contribution in [0.5, 0.6) is 11.5 Å².